The fraction of sp³-hybridized carbons (Fsp3) is 0.235. The molecule has 0 spiro atoms. The minimum atomic E-state index is -1.05. The number of benzene rings is 1. The molecule has 0 bridgehead atoms. The Kier molecular flexibility index (Phi) is 3.73. The van der Waals surface area contributed by atoms with Gasteiger partial charge in [-0.3, -0.25) is 4.79 Å². The van der Waals surface area contributed by atoms with Crippen LogP contribution < -0.4 is 5.32 Å². The SMILES string of the molecule is CC(C)C(NC(=O)c1cc2c(cn1)[nH]c1ccccc12)C(=O)O. The molecule has 0 saturated carbocycles. The number of aliphatic carboxylic acids is 1. The van der Waals surface area contributed by atoms with Crippen LogP contribution in [0.3, 0.4) is 0 Å². The van der Waals surface area contributed by atoms with Crippen molar-refractivity contribution >= 4 is 33.7 Å². The number of carboxylic acid groups (broad SMARTS) is 1. The molecule has 2 heterocycles. The van der Waals surface area contributed by atoms with Crippen LogP contribution in [-0.2, 0) is 4.79 Å². The maximum Gasteiger partial charge on any atom is 0.326 e. The highest BCUT2D eigenvalue weighted by Crippen LogP contribution is 2.25. The van der Waals surface area contributed by atoms with Crippen LogP contribution in [0, 0.1) is 5.92 Å². The monoisotopic (exact) mass is 311 g/mol. The van der Waals surface area contributed by atoms with Crippen LogP contribution in [0.2, 0.25) is 0 Å². The molecule has 0 fully saturated rings. The number of hydrogen-bond donors (Lipinski definition) is 3. The summed E-state index contributed by atoms with van der Waals surface area (Å²) in [6.07, 6.45) is 1.59. The van der Waals surface area contributed by atoms with Gasteiger partial charge in [0, 0.05) is 16.3 Å². The summed E-state index contributed by atoms with van der Waals surface area (Å²) in [5.41, 5.74) is 2.00. The summed E-state index contributed by atoms with van der Waals surface area (Å²) in [6, 6.07) is 8.51. The number of nitrogens with one attached hydrogen (secondary N) is 2. The smallest absolute Gasteiger partial charge is 0.326 e. The number of carbonyl (C=O) groups is 2. The van der Waals surface area contributed by atoms with Gasteiger partial charge in [0.2, 0.25) is 0 Å². The third-order valence-corrected chi connectivity index (χ3v) is 3.84. The molecule has 0 radical (unpaired) electrons. The number of aromatic amines is 1. The summed E-state index contributed by atoms with van der Waals surface area (Å²) in [4.78, 5) is 30.9. The first kappa shape index (κ1) is 15.0. The Labute approximate surface area is 132 Å². The second-order valence-electron chi connectivity index (χ2n) is 5.82. The van der Waals surface area contributed by atoms with E-state index in [1.807, 2.05) is 24.3 Å². The molecule has 23 heavy (non-hydrogen) atoms. The Balaban J connectivity index is 1.98. The number of rotatable bonds is 4. The lowest BCUT2D eigenvalue weighted by Crippen LogP contribution is -2.44. The lowest BCUT2D eigenvalue weighted by atomic mass is 10.0. The van der Waals surface area contributed by atoms with E-state index in [1.54, 1.807) is 26.1 Å². The number of carboxylic acids is 1. The van der Waals surface area contributed by atoms with Crippen LogP contribution >= 0.6 is 0 Å². The van der Waals surface area contributed by atoms with Crippen molar-refractivity contribution in [1.82, 2.24) is 15.3 Å². The maximum atomic E-state index is 12.3. The van der Waals surface area contributed by atoms with Gasteiger partial charge in [0.25, 0.3) is 5.91 Å². The summed E-state index contributed by atoms with van der Waals surface area (Å²) in [5.74, 6) is -1.76. The molecule has 0 aliphatic heterocycles. The number of para-hydroxylation sites is 1. The van der Waals surface area contributed by atoms with Gasteiger partial charge < -0.3 is 15.4 Å². The molecule has 3 rings (SSSR count). The average Bonchev–Trinajstić information content (AvgIpc) is 2.89. The highest BCUT2D eigenvalue weighted by atomic mass is 16.4. The number of nitrogens with zero attached hydrogens (tertiary/aromatic N) is 1. The van der Waals surface area contributed by atoms with E-state index in [0.717, 1.165) is 21.8 Å². The van der Waals surface area contributed by atoms with Crippen LogP contribution in [0.5, 0.6) is 0 Å². The van der Waals surface area contributed by atoms with Crippen LogP contribution in [0.25, 0.3) is 21.8 Å². The second-order valence-corrected chi connectivity index (χ2v) is 5.82. The van der Waals surface area contributed by atoms with E-state index >= 15 is 0 Å². The number of carbonyl (C=O) groups excluding carboxylic acids is 1. The molecule has 1 aromatic carbocycles. The average molecular weight is 311 g/mol. The number of pyridine rings is 1. The van der Waals surface area contributed by atoms with E-state index < -0.39 is 17.9 Å². The zero-order chi connectivity index (χ0) is 16.6. The van der Waals surface area contributed by atoms with Gasteiger partial charge in [-0.15, -0.1) is 0 Å². The van der Waals surface area contributed by atoms with E-state index in [0.29, 0.717) is 0 Å². The van der Waals surface area contributed by atoms with E-state index in [1.165, 1.54) is 0 Å². The van der Waals surface area contributed by atoms with Crippen LogP contribution in [0.4, 0.5) is 0 Å². The van der Waals surface area contributed by atoms with Crippen molar-refractivity contribution in [3.8, 4) is 0 Å². The Morgan fingerprint density at radius 1 is 1.17 bits per heavy atom. The first-order valence-corrected chi connectivity index (χ1v) is 7.37. The zero-order valence-corrected chi connectivity index (χ0v) is 12.8. The summed E-state index contributed by atoms with van der Waals surface area (Å²) in [5, 5.41) is 13.6. The number of aromatic nitrogens is 2. The van der Waals surface area contributed by atoms with Crippen molar-refractivity contribution in [2.24, 2.45) is 5.92 Å². The molecule has 1 unspecified atom stereocenters. The van der Waals surface area contributed by atoms with Crippen molar-refractivity contribution in [3.05, 3.63) is 42.2 Å². The summed E-state index contributed by atoms with van der Waals surface area (Å²) in [7, 11) is 0. The van der Waals surface area contributed by atoms with Gasteiger partial charge in [-0.05, 0) is 18.1 Å². The summed E-state index contributed by atoms with van der Waals surface area (Å²) in [6.45, 7) is 3.49. The van der Waals surface area contributed by atoms with Gasteiger partial charge in [-0.25, -0.2) is 9.78 Å². The molecule has 0 saturated heterocycles. The van der Waals surface area contributed by atoms with E-state index in [-0.39, 0.29) is 11.6 Å². The van der Waals surface area contributed by atoms with Crippen molar-refractivity contribution in [2.75, 3.05) is 0 Å². The molecule has 3 aromatic rings. The maximum absolute atomic E-state index is 12.3. The molecular formula is C17H17N3O3. The van der Waals surface area contributed by atoms with Gasteiger partial charge >= 0.3 is 5.97 Å². The minimum absolute atomic E-state index is 0.203. The first-order chi connectivity index (χ1) is 11.0. The van der Waals surface area contributed by atoms with Crippen molar-refractivity contribution < 1.29 is 14.7 Å². The largest absolute Gasteiger partial charge is 0.480 e. The molecular weight excluding hydrogens is 294 g/mol. The number of H-pyrrole nitrogens is 1. The van der Waals surface area contributed by atoms with E-state index in [9.17, 15) is 14.7 Å². The predicted molar refractivity (Wildman–Crippen MR) is 87.3 cm³/mol. The Morgan fingerprint density at radius 3 is 2.61 bits per heavy atom. The summed E-state index contributed by atoms with van der Waals surface area (Å²) < 4.78 is 0. The third-order valence-electron chi connectivity index (χ3n) is 3.84. The molecule has 6 heteroatoms. The van der Waals surface area contributed by atoms with Gasteiger partial charge in [-0.1, -0.05) is 32.0 Å². The topological polar surface area (TPSA) is 95.1 Å². The van der Waals surface area contributed by atoms with E-state index in [2.05, 4.69) is 15.3 Å². The summed E-state index contributed by atoms with van der Waals surface area (Å²) >= 11 is 0. The molecule has 1 amide bonds. The Morgan fingerprint density at radius 2 is 1.91 bits per heavy atom. The van der Waals surface area contributed by atoms with Crippen LogP contribution in [0.15, 0.2) is 36.5 Å². The quantitative estimate of drug-likeness (QED) is 0.690. The van der Waals surface area contributed by atoms with Gasteiger partial charge in [-0.2, -0.15) is 0 Å². The third kappa shape index (κ3) is 2.75. The number of amides is 1. The number of hydrogen-bond acceptors (Lipinski definition) is 3. The molecule has 3 N–H and O–H groups in total. The standard InChI is InChI=1S/C17H17N3O3/c1-9(2)15(17(22)23)20-16(21)13-7-11-10-5-3-4-6-12(10)19-14(11)8-18-13/h3-9,15,19H,1-2H3,(H,20,21)(H,22,23). The predicted octanol–water partition coefficient (Wildman–Crippen LogP) is 2.56. The lowest BCUT2D eigenvalue weighted by molar-refractivity contribution is -0.140. The van der Waals surface area contributed by atoms with Gasteiger partial charge in [0.15, 0.2) is 0 Å². The fourth-order valence-corrected chi connectivity index (χ4v) is 2.60. The number of fused-ring (bicyclic) bond motifs is 3. The van der Waals surface area contributed by atoms with Crippen LogP contribution in [-0.4, -0.2) is 33.0 Å². The molecule has 118 valence electrons. The fourth-order valence-electron chi connectivity index (χ4n) is 2.60. The molecule has 1 atom stereocenters. The van der Waals surface area contributed by atoms with E-state index in [4.69, 9.17) is 0 Å². The van der Waals surface area contributed by atoms with Gasteiger partial charge in [0.05, 0.1) is 11.7 Å². The second kappa shape index (κ2) is 5.72. The van der Waals surface area contributed by atoms with Crippen molar-refractivity contribution in [2.45, 2.75) is 19.9 Å². The van der Waals surface area contributed by atoms with Crippen LogP contribution in [0.1, 0.15) is 24.3 Å². The normalized spacial score (nSPS) is 12.7. The zero-order valence-electron chi connectivity index (χ0n) is 12.8. The molecule has 2 aromatic heterocycles. The molecule has 6 nitrogen and oxygen atoms in total. The molecule has 0 aliphatic carbocycles. The van der Waals surface area contributed by atoms with Gasteiger partial charge in [0.1, 0.15) is 11.7 Å². The lowest BCUT2D eigenvalue weighted by Gasteiger charge is -2.17. The molecule has 0 aliphatic rings. The Bertz CT molecular complexity index is 898. The highest BCUT2D eigenvalue weighted by Gasteiger charge is 2.24. The minimum Gasteiger partial charge on any atom is -0.480 e. The Hall–Kier alpha value is -2.89. The van der Waals surface area contributed by atoms with Crippen molar-refractivity contribution in [3.63, 3.8) is 0 Å². The van der Waals surface area contributed by atoms with Crippen molar-refractivity contribution in [1.29, 1.82) is 0 Å². The highest BCUT2D eigenvalue weighted by molar-refractivity contribution is 6.09. The first-order valence-electron chi connectivity index (χ1n) is 7.37.